The van der Waals surface area contributed by atoms with E-state index in [4.69, 9.17) is 32.7 Å². The summed E-state index contributed by atoms with van der Waals surface area (Å²) in [6.07, 6.45) is 1.49. The van der Waals surface area contributed by atoms with Gasteiger partial charge in [-0.3, -0.25) is 0 Å². The minimum absolute atomic E-state index is 0.00325. The van der Waals surface area contributed by atoms with Crippen molar-refractivity contribution in [3.05, 3.63) is 23.3 Å². The van der Waals surface area contributed by atoms with Crippen molar-refractivity contribution in [3.63, 3.8) is 0 Å². The third-order valence-corrected chi connectivity index (χ3v) is 2.42. The van der Waals surface area contributed by atoms with Crippen LogP contribution in [0.2, 0.25) is 0 Å². The Balaban J connectivity index is 3.35. The summed E-state index contributed by atoms with van der Waals surface area (Å²) in [5, 5.41) is 18.6. The topological polar surface area (TPSA) is 88.5 Å². The van der Waals surface area contributed by atoms with E-state index >= 15 is 0 Å². The molecule has 5 nitrogen and oxygen atoms in total. The quantitative estimate of drug-likeness (QED) is 0.488. The van der Waals surface area contributed by atoms with Crippen LogP contribution in [0.4, 0.5) is 0 Å². The predicted molar refractivity (Wildman–Crippen MR) is 71.6 cm³/mol. The molecule has 0 heterocycles. The van der Waals surface area contributed by atoms with Crippen molar-refractivity contribution < 1.29 is 14.6 Å². The molecular formula is C12H12N2O3S. The Morgan fingerprint density at radius 3 is 2.22 bits per heavy atom. The molecule has 94 valence electrons. The average Bonchev–Trinajstić information content (AvgIpc) is 2.36. The van der Waals surface area contributed by atoms with Crippen LogP contribution >= 0.6 is 12.2 Å². The maximum Gasteiger partial charge on any atom is 0.200 e. The van der Waals surface area contributed by atoms with Crippen LogP contribution in [0.15, 0.2) is 17.7 Å². The molecule has 0 aliphatic heterocycles. The Bertz CT molecular complexity index is 522. The van der Waals surface area contributed by atoms with Crippen LogP contribution in [0.25, 0.3) is 6.08 Å². The van der Waals surface area contributed by atoms with E-state index in [0.717, 1.165) is 0 Å². The van der Waals surface area contributed by atoms with Crippen molar-refractivity contribution >= 4 is 23.3 Å². The van der Waals surface area contributed by atoms with Crippen LogP contribution < -0.4 is 15.2 Å². The monoisotopic (exact) mass is 264 g/mol. The highest BCUT2D eigenvalue weighted by Crippen LogP contribution is 2.37. The van der Waals surface area contributed by atoms with Crippen molar-refractivity contribution in [2.45, 2.75) is 0 Å². The van der Waals surface area contributed by atoms with Crippen LogP contribution in [-0.2, 0) is 0 Å². The first-order chi connectivity index (χ1) is 8.53. The van der Waals surface area contributed by atoms with Gasteiger partial charge in [0.05, 0.1) is 19.8 Å². The Morgan fingerprint density at radius 2 is 1.89 bits per heavy atom. The number of benzene rings is 1. The number of aromatic hydroxyl groups is 1. The molecule has 0 saturated carbocycles. The van der Waals surface area contributed by atoms with E-state index < -0.39 is 0 Å². The number of phenols is 1. The van der Waals surface area contributed by atoms with Crippen molar-refractivity contribution in [2.24, 2.45) is 5.73 Å². The molecule has 0 aromatic heterocycles. The number of methoxy groups -OCH3 is 2. The highest BCUT2D eigenvalue weighted by atomic mass is 32.1. The van der Waals surface area contributed by atoms with Crippen molar-refractivity contribution in [1.82, 2.24) is 0 Å². The van der Waals surface area contributed by atoms with Crippen LogP contribution in [0.3, 0.4) is 0 Å². The second kappa shape index (κ2) is 5.89. The number of rotatable bonds is 4. The summed E-state index contributed by atoms with van der Waals surface area (Å²) in [6.45, 7) is 0. The fraction of sp³-hybridized carbons (Fsp3) is 0.167. The molecule has 0 aliphatic carbocycles. The first-order valence-corrected chi connectivity index (χ1v) is 5.31. The maximum absolute atomic E-state index is 9.73. The number of thiocarbonyl (C=S) groups is 1. The number of nitrogens with two attached hydrogens (primary N) is 1. The predicted octanol–water partition coefficient (Wildman–Crippen LogP) is 1.60. The minimum atomic E-state index is -0.106. The number of ether oxygens (including phenoxy) is 2. The molecule has 0 spiro atoms. The molecule has 6 heteroatoms. The Morgan fingerprint density at radius 1 is 1.39 bits per heavy atom. The highest BCUT2D eigenvalue weighted by molar-refractivity contribution is 7.80. The van der Waals surface area contributed by atoms with Crippen molar-refractivity contribution in [2.75, 3.05) is 14.2 Å². The zero-order valence-corrected chi connectivity index (χ0v) is 10.7. The van der Waals surface area contributed by atoms with Gasteiger partial charge in [0.15, 0.2) is 11.5 Å². The normalized spacial score (nSPS) is 10.6. The standard InChI is InChI=1S/C12H12N2O3S/c1-16-9-4-7(3-8(6-13)12(14)18)5-10(17-2)11(9)15/h3-5,15H,1-2H3,(H2,14,18)/b8-3+. The number of nitriles is 1. The van der Waals surface area contributed by atoms with Gasteiger partial charge in [-0.25, -0.2) is 0 Å². The molecule has 0 saturated heterocycles. The molecule has 3 N–H and O–H groups in total. The van der Waals surface area contributed by atoms with E-state index in [2.05, 4.69) is 0 Å². The molecule has 0 aliphatic rings. The van der Waals surface area contributed by atoms with E-state index in [1.807, 2.05) is 6.07 Å². The molecule has 0 amide bonds. The summed E-state index contributed by atoms with van der Waals surface area (Å²) >= 11 is 4.74. The lowest BCUT2D eigenvalue weighted by Crippen LogP contribution is -2.09. The second-order valence-electron chi connectivity index (χ2n) is 3.31. The number of hydrogen-bond acceptors (Lipinski definition) is 5. The first kappa shape index (κ1) is 13.8. The fourth-order valence-corrected chi connectivity index (χ4v) is 1.43. The summed E-state index contributed by atoms with van der Waals surface area (Å²) in [4.78, 5) is 0.00325. The Kier molecular flexibility index (Phi) is 4.52. The van der Waals surface area contributed by atoms with Gasteiger partial charge in [0.25, 0.3) is 0 Å². The van der Waals surface area contributed by atoms with Crippen LogP contribution in [0, 0.1) is 11.3 Å². The Hall–Kier alpha value is -2.26. The van der Waals surface area contributed by atoms with Crippen LogP contribution in [-0.4, -0.2) is 24.3 Å². The molecule has 18 heavy (non-hydrogen) atoms. The largest absolute Gasteiger partial charge is 0.502 e. The van der Waals surface area contributed by atoms with E-state index in [1.165, 1.54) is 20.3 Å². The van der Waals surface area contributed by atoms with Crippen LogP contribution in [0.1, 0.15) is 5.56 Å². The van der Waals surface area contributed by atoms with Gasteiger partial charge in [-0.1, -0.05) is 12.2 Å². The average molecular weight is 264 g/mol. The SMILES string of the molecule is COc1cc(/C=C(\C#N)C(N)=S)cc(OC)c1O. The molecule has 1 aromatic carbocycles. The summed E-state index contributed by atoms with van der Waals surface area (Å²) in [7, 11) is 2.83. The van der Waals surface area contributed by atoms with Crippen LogP contribution in [0.5, 0.6) is 17.2 Å². The van der Waals surface area contributed by atoms with Gasteiger partial charge in [-0.15, -0.1) is 0 Å². The molecule has 0 fully saturated rings. The molecular weight excluding hydrogens is 252 g/mol. The van der Waals surface area contributed by atoms with Gasteiger partial charge in [-0.05, 0) is 23.8 Å². The van der Waals surface area contributed by atoms with Gasteiger partial charge in [0.2, 0.25) is 5.75 Å². The van der Waals surface area contributed by atoms with Gasteiger partial charge < -0.3 is 20.3 Å². The van der Waals surface area contributed by atoms with Gasteiger partial charge >= 0.3 is 0 Å². The van der Waals surface area contributed by atoms with Gasteiger partial charge in [0, 0.05) is 0 Å². The summed E-state index contributed by atoms with van der Waals surface area (Å²) in [5.74, 6) is 0.368. The number of hydrogen-bond donors (Lipinski definition) is 2. The number of phenolic OH excluding ortho intramolecular Hbond substituents is 1. The van der Waals surface area contributed by atoms with E-state index in [0.29, 0.717) is 5.56 Å². The van der Waals surface area contributed by atoms with Crippen molar-refractivity contribution in [1.29, 1.82) is 5.26 Å². The van der Waals surface area contributed by atoms with E-state index in [1.54, 1.807) is 12.1 Å². The third kappa shape index (κ3) is 2.90. The molecule has 0 radical (unpaired) electrons. The zero-order valence-electron chi connectivity index (χ0n) is 9.93. The maximum atomic E-state index is 9.73. The molecule has 0 bridgehead atoms. The lowest BCUT2D eigenvalue weighted by molar-refractivity contribution is 0.340. The summed E-state index contributed by atoms with van der Waals surface area (Å²) in [5.41, 5.74) is 6.15. The Labute approximate surface area is 110 Å². The van der Waals surface area contributed by atoms with Gasteiger partial charge in [0.1, 0.15) is 11.1 Å². The lowest BCUT2D eigenvalue weighted by atomic mass is 10.1. The second-order valence-corrected chi connectivity index (χ2v) is 3.75. The molecule has 0 atom stereocenters. The highest BCUT2D eigenvalue weighted by Gasteiger charge is 2.11. The summed E-state index contributed by atoms with van der Waals surface area (Å²) in [6, 6.07) is 4.99. The van der Waals surface area contributed by atoms with E-state index in [-0.39, 0.29) is 27.8 Å². The van der Waals surface area contributed by atoms with Crippen molar-refractivity contribution in [3.8, 4) is 23.3 Å². The first-order valence-electron chi connectivity index (χ1n) is 4.90. The minimum Gasteiger partial charge on any atom is -0.502 e. The molecule has 1 rings (SSSR count). The summed E-state index contributed by atoms with van der Waals surface area (Å²) < 4.78 is 10.00. The fourth-order valence-electron chi connectivity index (χ4n) is 1.32. The van der Waals surface area contributed by atoms with Gasteiger partial charge in [-0.2, -0.15) is 5.26 Å². The smallest absolute Gasteiger partial charge is 0.200 e. The third-order valence-electron chi connectivity index (χ3n) is 2.20. The number of nitrogens with zero attached hydrogens (tertiary/aromatic N) is 1. The van der Waals surface area contributed by atoms with E-state index in [9.17, 15) is 5.11 Å². The zero-order chi connectivity index (χ0) is 13.7. The molecule has 1 aromatic rings. The lowest BCUT2D eigenvalue weighted by Gasteiger charge is -2.09. The molecule has 0 unspecified atom stereocenters.